The van der Waals surface area contributed by atoms with Crippen LogP contribution in [0.5, 0.6) is 0 Å². The summed E-state index contributed by atoms with van der Waals surface area (Å²) in [6.45, 7) is 2.48. The van der Waals surface area contributed by atoms with Crippen molar-refractivity contribution in [2.45, 2.75) is 43.7 Å². The summed E-state index contributed by atoms with van der Waals surface area (Å²) in [4.78, 5) is 22.4. The number of carbonyl (C=O) groups is 1. The van der Waals surface area contributed by atoms with Crippen molar-refractivity contribution >= 4 is 33.1 Å². The van der Waals surface area contributed by atoms with Crippen molar-refractivity contribution in [3.05, 3.63) is 78.5 Å². The molecule has 1 aliphatic heterocycles. The van der Waals surface area contributed by atoms with Gasteiger partial charge in [0.05, 0.1) is 29.0 Å². The van der Waals surface area contributed by atoms with Crippen molar-refractivity contribution in [1.29, 1.82) is 0 Å². The summed E-state index contributed by atoms with van der Waals surface area (Å²) in [7, 11) is -3.68. The summed E-state index contributed by atoms with van der Waals surface area (Å²) < 4.78 is 31.0. The van der Waals surface area contributed by atoms with Gasteiger partial charge in [-0.2, -0.15) is 5.10 Å². The maximum Gasteiger partial charge on any atom is 0.263 e. The third-order valence-electron chi connectivity index (χ3n) is 5.72. The Morgan fingerprint density at radius 2 is 2.00 bits per heavy atom. The van der Waals surface area contributed by atoms with Crippen LogP contribution in [-0.4, -0.2) is 45.4 Å². The Balaban J connectivity index is 1.32. The highest BCUT2D eigenvalue weighted by atomic mass is 32.2. The Morgan fingerprint density at radius 1 is 1.17 bits per heavy atom. The number of imidazole rings is 1. The molecule has 0 radical (unpaired) electrons. The molecule has 0 aliphatic carbocycles. The van der Waals surface area contributed by atoms with Gasteiger partial charge < -0.3 is 9.72 Å². The Bertz CT molecular complexity index is 1490. The normalized spacial score (nSPS) is 16.2. The Kier molecular flexibility index (Phi) is 6.08. The number of aliphatic imine (C=N–C) groups is 1. The lowest BCUT2D eigenvalue weighted by molar-refractivity contribution is -0.117. The van der Waals surface area contributed by atoms with Crippen molar-refractivity contribution in [3.63, 3.8) is 0 Å². The molecule has 3 aromatic heterocycles. The molecule has 1 amide bonds. The van der Waals surface area contributed by atoms with Crippen molar-refractivity contribution < 1.29 is 13.2 Å². The molecule has 1 unspecified atom stereocenters. The first-order chi connectivity index (χ1) is 16.9. The molecule has 180 valence electrons. The zero-order valence-electron chi connectivity index (χ0n) is 19.1. The van der Waals surface area contributed by atoms with Crippen LogP contribution in [0.25, 0.3) is 5.65 Å². The van der Waals surface area contributed by atoms with Crippen LogP contribution in [0.15, 0.2) is 77.1 Å². The van der Waals surface area contributed by atoms with E-state index in [9.17, 15) is 13.2 Å². The molecular weight excluding hydrogens is 466 g/mol. The topological polar surface area (TPSA) is 123 Å². The molecule has 10 nitrogen and oxygen atoms in total. The quantitative estimate of drug-likeness (QED) is 0.392. The van der Waals surface area contributed by atoms with Crippen molar-refractivity contribution in [1.82, 2.24) is 23.9 Å². The van der Waals surface area contributed by atoms with Gasteiger partial charge >= 0.3 is 0 Å². The molecule has 1 aromatic carbocycles. The zero-order chi connectivity index (χ0) is 24.4. The number of amides is 1. The van der Waals surface area contributed by atoms with Crippen LogP contribution >= 0.6 is 0 Å². The Labute approximate surface area is 202 Å². The van der Waals surface area contributed by atoms with Crippen molar-refractivity contribution in [3.8, 4) is 0 Å². The standard InChI is InChI=1S/C24H25N7O3S/c1-2-3-9-20(28-23-19-8-4-5-10-21(19)35(33,34)29-23)24(32)27-17-13-25-31(15-17)16-18-14-30-12-7-6-11-22(30)26-18/h4-8,10-15,20H,2-3,9,16H2,1H3,(H,27,32)(H,28,29). The Hall–Kier alpha value is -3.99. The van der Waals surface area contributed by atoms with Gasteiger partial charge in [0.25, 0.3) is 10.0 Å². The first-order valence-corrected chi connectivity index (χ1v) is 12.9. The van der Waals surface area contributed by atoms with Gasteiger partial charge in [-0.25, -0.2) is 13.4 Å². The zero-order valence-corrected chi connectivity index (χ0v) is 19.9. The number of nitrogens with one attached hydrogen (secondary N) is 2. The number of nitrogens with zero attached hydrogens (tertiary/aromatic N) is 5. The van der Waals surface area contributed by atoms with Crippen molar-refractivity contribution in [2.24, 2.45) is 4.99 Å². The van der Waals surface area contributed by atoms with E-state index in [0.717, 1.165) is 24.2 Å². The molecule has 35 heavy (non-hydrogen) atoms. The van der Waals surface area contributed by atoms with Gasteiger partial charge in [0.2, 0.25) is 5.91 Å². The number of pyridine rings is 1. The average Bonchev–Trinajstić information content (AvgIpc) is 3.52. The molecule has 0 fully saturated rings. The number of unbranched alkanes of at least 4 members (excludes halogenated alkanes) is 1. The molecule has 2 N–H and O–H groups in total. The van der Waals surface area contributed by atoms with Gasteiger partial charge in [0, 0.05) is 24.2 Å². The number of carbonyl (C=O) groups excluding carboxylic acids is 1. The highest BCUT2D eigenvalue weighted by Gasteiger charge is 2.31. The largest absolute Gasteiger partial charge is 0.322 e. The molecule has 0 spiro atoms. The number of hydrogen-bond acceptors (Lipinski definition) is 6. The minimum atomic E-state index is -3.68. The van der Waals surface area contributed by atoms with Gasteiger partial charge in [0.15, 0.2) is 0 Å². The van der Waals surface area contributed by atoms with Crippen LogP contribution in [0.3, 0.4) is 0 Å². The summed E-state index contributed by atoms with van der Waals surface area (Å²) in [5, 5.41) is 7.20. The van der Waals surface area contributed by atoms with Crippen LogP contribution in [0.2, 0.25) is 0 Å². The molecule has 1 aliphatic rings. The summed E-state index contributed by atoms with van der Waals surface area (Å²) in [5.41, 5.74) is 2.71. The smallest absolute Gasteiger partial charge is 0.263 e. The summed E-state index contributed by atoms with van der Waals surface area (Å²) in [6.07, 6.45) is 9.33. The predicted molar refractivity (Wildman–Crippen MR) is 132 cm³/mol. The number of rotatable bonds is 8. The second-order valence-electron chi connectivity index (χ2n) is 8.35. The van der Waals surface area contributed by atoms with Crippen LogP contribution in [-0.2, 0) is 21.4 Å². The molecule has 1 atom stereocenters. The lowest BCUT2D eigenvalue weighted by Gasteiger charge is -2.13. The van der Waals surface area contributed by atoms with Gasteiger partial charge in [-0.1, -0.05) is 38.0 Å². The number of aromatic nitrogens is 4. The number of benzene rings is 1. The van der Waals surface area contributed by atoms with E-state index < -0.39 is 16.1 Å². The second-order valence-corrected chi connectivity index (χ2v) is 10.0. The number of amidine groups is 1. The van der Waals surface area contributed by atoms with E-state index in [0.29, 0.717) is 24.2 Å². The van der Waals surface area contributed by atoms with Crippen LogP contribution < -0.4 is 10.0 Å². The number of anilines is 1. The molecule has 0 saturated heterocycles. The van der Waals surface area contributed by atoms with Crippen LogP contribution in [0, 0.1) is 0 Å². The first-order valence-electron chi connectivity index (χ1n) is 11.4. The minimum absolute atomic E-state index is 0.168. The maximum atomic E-state index is 13.1. The van der Waals surface area contributed by atoms with E-state index in [1.54, 1.807) is 35.3 Å². The lowest BCUT2D eigenvalue weighted by atomic mass is 10.1. The van der Waals surface area contributed by atoms with Gasteiger partial charge in [0.1, 0.15) is 17.5 Å². The highest BCUT2D eigenvalue weighted by Crippen LogP contribution is 2.23. The third kappa shape index (κ3) is 4.80. The second kappa shape index (κ2) is 9.34. The molecule has 4 aromatic rings. The van der Waals surface area contributed by atoms with E-state index in [1.165, 1.54) is 6.07 Å². The van der Waals surface area contributed by atoms with Gasteiger partial charge in [-0.05, 0) is 30.7 Å². The monoisotopic (exact) mass is 491 g/mol. The number of hydrogen-bond donors (Lipinski definition) is 2. The summed E-state index contributed by atoms with van der Waals surface area (Å²) in [6, 6.07) is 11.7. The fourth-order valence-corrected chi connectivity index (χ4v) is 5.25. The molecule has 11 heteroatoms. The Morgan fingerprint density at radius 3 is 2.83 bits per heavy atom. The van der Waals surface area contributed by atoms with E-state index in [1.807, 2.05) is 41.9 Å². The van der Waals surface area contributed by atoms with Gasteiger partial charge in [-0.3, -0.25) is 19.2 Å². The first kappa shape index (κ1) is 22.8. The molecule has 0 saturated carbocycles. The van der Waals surface area contributed by atoms with Crippen LogP contribution in [0.1, 0.15) is 37.4 Å². The van der Waals surface area contributed by atoms with E-state index in [-0.39, 0.29) is 16.6 Å². The fraction of sp³-hybridized carbons (Fsp3) is 0.250. The van der Waals surface area contributed by atoms with Gasteiger partial charge in [-0.15, -0.1) is 0 Å². The molecule has 5 rings (SSSR count). The summed E-state index contributed by atoms with van der Waals surface area (Å²) in [5.74, 6) is -0.124. The number of sulfonamides is 1. The fourth-order valence-electron chi connectivity index (χ4n) is 4.01. The minimum Gasteiger partial charge on any atom is -0.322 e. The summed E-state index contributed by atoms with van der Waals surface area (Å²) >= 11 is 0. The SMILES string of the molecule is CCCCC(N=C1NS(=O)(=O)c2ccccc21)C(=O)Nc1cnn(Cc2cn3ccccc3n2)c1. The highest BCUT2D eigenvalue weighted by molar-refractivity contribution is 7.90. The maximum absolute atomic E-state index is 13.1. The molecule has 4 heterocycles. The molecule has 0 bridgehead atoms. The number of fused-ring (bicyclic) bond motifs is 2. The predicted octanol–water partition coefficient (Wildman–Crippen LogP) is 2.82. The average molecular weight is 492 g/mol. The van der Waals surface area contributed by atoms with Crippen LogP contribution in [0.4, 0.5) is 5.69 Å². The van der Waals surface area contributed by atoms with E-state index >= 15 is 0 Å². The third-order valence-corrected chi connectivity index (χ3v) is 7.12. The van der Waals surface area contributed by atoms with E-state index in [4.69, 9.17) is 0 Å². The molecular formula is C24H25N7O3S. The van der Waals surface area contributed by atoms with Crippen molar-refractivity contribution in [2.75, 3.05) is 5.32 Å². The van der Waals surface area contributed by atoms with E-state index in [2.05, 4.69) is 25.1 Å². The lowest BCUT2D eigenvalue weighted by Crippen LogP contribution is -2.30.